The zero-order chi connectivity index (χ0) is 21.4. The van der Waals surface area contributed by atoms with Crippen LogP contribution in [0.3, 0.4) is 0 Å². The van der Waals surface area contributed by atoms with Crippen molar-refractivity contribution < 1.29 is 22.7 Å². The fourth-order valence-corrected chi connectivity index (χ4v) is 3.83. The van der Waals surface area contributed by atoms with Crippen LogP contribution in [-0.2, 0) is 9.84 Å². The number of hydrogen-bond acceptors (Lipinski definition) is 6. The van der Waals surface area contributed by atoms with Crippen molar-refractivity contribution >= 4 is 15.7 Å². The third-order valence-corrected chi connectivity index (χ3v) is 5.83. The highest BCUT2D eigenvalue weighted by Gasteiger charge is 2.24. The van der Waals surface area contributed by atoms with Crippen molar-refractivity contribution in [3.63, 3.8) is 0 Å². The molecule has 0 saturated carbocycles. The Bertz CT molecular complexity index is 926. The molecule has 3 rings (SSSR count). The molecule has 0 unspecified atom stereocenters. The summed E-state index contributed by atoms with van der Waals surface area (Å²) >= 11 is 0. The normalized spacial score (nSPS) is 15.0. The first-order valence-electron chi connectivity index (χ1n) is 10.0. The molecule has 1 amide bonds. The Kier molecular flexibility index (Phi) is 7.70. The van der Waals surface area contributed by atoms with Crippen molar-refractivity contribution in [3.8, 4) is 11.5 Å². The molecule has 0 bridgehead atoms. The standard InChI is InChI=1S/C22H28N2O5S/c1-30(26,27)18-15-23-11-13-24(14-12-23)22(25)20-9-5-6-10-21(20)29-17-16-28-19-7-3-2-4-8-19/h2-10H,11-18H2,1H3. The first-order chi connectivity index (χ1) is 14.4. The van der Waals surface area contributed by atoms with Crippen LogP contribution >= 0.6 is 0 Å². The summed E-state index contributed by atoms with van der Waals surface area (Å²) in [6.07, 6.45) is 1.24. The molecule has 162 valence electrons. The van der Waals surface area contributed by atoms with Gasteiger partial charge in [0.1, 0.15) is 34.6 Å². The minimum absolute atomic E-state index is 0.0719. The van der Waals surface area contributed by atoms with E-state index in [1.54, 1.807) is 17.0 Å². The van der Waals surface area contributed by atoms with E-state index in [1.807, 2.05) is 42.5 Å². The minimum Gasteiger partial charge on any atom is -0.490 e. The van der Waals surface area contributed by atoms with Gasteiger partial charge < -0.3 is 14.4 Å². The Morgan fingerprint density at radius 1 is 0.900 bits per heavy atom. The first kappa shape index (κ1) is 22.1. The molecule has 1 fully saturated rings. The Morgan fingerprint density at radius 2 is 1.53 bits per heavy atom. The van der Waals surface area contributed by atoms with E-state index in [2.05, 4.69) is 4.90 Å². The number of benzene rings is 2. The summed E-state index contributed by atoms with van der Waals surface area (Å²) < 4.78 is 34.1. The number of carbonyl (C=O) groups is 1. The lowest BCUT2D eigenvalue weighted by molar-refractivity contribution is 0.0639. The Balaban J connectivity index is 1.50. The Labute approximate surface area is 178 Å². The molecular weight excluding hydrogens is 404 g/mol. The maximum Gasteiger partial charge on any atom is 0.257 e. The summed E-state index contributed by atoms with van der Waals surface area (Å²) in [7, 11) is -2.98. The SMILES string of the molecule is CS(=O)(=O)CCN1CCN(C(=O)c2ccccc2OCCOc2ccccc2)CC1. The van der Waals surface area contributed by atoms with Crippen LogP contribution in [0.1, 0.15) is 10.4 Å². The maximum atomic E-state index is 13.0. The molecule has 30 heavy (non-hydrogen) atoms. The fourth-order valence-electron chi connectivity index (χ4n) is 3.24. The third-order valence-electron chi connectivity index (χ3n) is 4.91. The Hall–Kier alpha value is -2.58. The number of para-hydroxylation sites is 2. The molecule has 0 aliphatic carbocycles. The molecule has 8 heteroatoms. The van der Waals surface area contributed by atoms with Crippen molar-refractivity contribution in [2.24, 2.45) is 0 Å². The van der Waals surface area contributed by atoms with E-state index in [0.717, 1.165) is 5.75 Å². The second-order valence-corrected chi connectivity index (χ2v) is 9.53. The van der Waals surface area contributed by atoms with E-state index in [1.165, 1.54) is 6.26 Å². The molecule has 1 aliphatic rings. The van der Waals surface area contributed by atoms with Gasteiger partial charge in [-0.2, -0.15) is 0 Å². The van der Waals surface area contributed by atoms with Gasteiger partial charge in [-0.15, -0.1) is 0 Å². The van der Waals surface area contributed by atoms with E-state index < -0.39 is 9.84 Å². The Morgan fingerprint density at radius 3 is 2.23 bits per heavy atom. The average molecular weight is 433 g/mol. The lowest BCUT2D eigenvalue weighted by Gasteiger charge is -2.34. The van der Waals surface area contributed by atoms with Crippen LogP contribution in [-0.4, -0.2) is 82.1 Å². The van der Waals surface area contributed by atoms with Gasteiger partial charge in [-0.05, 0) is 24.3 Å². The molecular formula is C22H28N2O5S. The smallest absolute Gasteiger partial charge is 0.257 e. The van der Waals surface area contributed by atoms with Crippen LogP contribution in [0.25, 0.3) is 0 Å². The summed E-state index contributed by atoms with van der Waals surface area (Å²) in [5.41, 5.74) is 0.529. The molecule has 0 atom stereocenters. The van der Waals surface area contributed by atoms with Gasteiger partial charge in [-0.3, -0.25) is 9.69 Å². The van der Waals surface area contributed by atoms with Crippen LogP contribution < -0.4 is 9.47 Å². The predicted molar refractivity (Wildman–Crippen MR) is 116 cm³/mol. The highest BCUT2D eigenvalue weighted by molar-refractivity contribution is 7.90. The van der Waals surface area contributed by atoms with Crippen LogP contribution in [0.2, 0.25) is 0 Å². The van der Waals surface area contributed by atoms with Gasteiger partial charge in [0.05, 0.1) is 11.3 Å². The monoisotopic (exact) mass is 432 g/mol. The van der Waals surface area contributed by atoms with Gasteiger partial charge >= 0.3 is 0 Å². The highest BCUT2D eigenvalue weighted by Crippen LogP contribution is 2.21. The lowest BCUT2D eigenvalue weighted by atomic mass is 10.1. The molecule has 2 aromatic carbocycles. The van der Waals surface area contributed by atoms with Crippen molar-refractivity contribution in [2.45, 2.75) is 0 Å². The van der Waals surface area contributed by atoms with Gasteiger partial charge in [0.15, 0.2) is 0 Å². The van der Waals surface area contributed by atoms with E-state index in [9.17, 15) is 13.2 Å². The number of nitrogens with zero attached hydrogens (tertiary/aromatic N) is 2. The molecule has 0 aromatic heterocycles. The van der Waals surface area contributed by atoms with Gasteiger partial charge in [-0.1, -0.05) is 30.3 Å². The molecule has 0 spiro atoms. The van der Waals surface area contributed by atoms with Crippen LogP contribution in [0.15, 0.2) is 54.6 Å². The topological polar surface area (TPSA) is 76.2 Å². The number of rotatable bonds is 9. The highest BCUT2D eigenvalue weighted by atomic mass is 32.2. The van der Waals surface area contributed by atoms with E-state index in [4.69, 9.17) is 9.47 Å². The van der Waals surface area contributed by atoms with E-state index in [-0.39, 0.29) is 11.7 Å². The maximum absolute atomic E-state index is 13.0. The zero-order valence-electron chi connectivity index (χ0n) is 17.2. The van der Waals surface area contributed by atoms with Crippen molar-refractivity contribution in [2.75, 3.05) is 57.9 Å². The lowest BCUT2D eigenvalue weighted by Crippen LogP contribution is -2.49. The van der Waals surface area contributed by atoms with Crippen molar-refractivity contribution in [3.05, 3.63) is 60.2 Å². The van der Waals surface area contributed by atoms with Crippen LogP contribution in [0.5, 0.6) is 11.5 Å². The molecule has 7 nitrogen and oxygen atoms in total. The van der Waals surface area contributed by atoms with Gasteiger partial charge in [0, 0.05) is 39.0 Å². The molecule has 1 saturated heterocycles. The fraction of sp³-hybridized carbons (Fsp3) is 0.409. The average Bonchev–Trinajstić information content (AvgIpc) is 2.76. The quantitative estimate of drug-likeness (QED) is 0.564. The molecule has 2 aromatic rings. The number of carbonyl (C=O) groups excluding carboxylic acids is 1. The van der Waals surface area contributed by atoms with E-state index in [0.29, 0.717) is 57.3 Å². The number of sulfone groups is 1. The summed E-state index contributed by atoms with van der Waals surface area (Å²) in [6, 6.07) is 16.7. The second-order valence-electron chi connectivity index (χ2n) is 7.27. The van der Waals surface area contributed by atoms with E-state index >= 15 is 0 Å². The van der Waals surface area contributed by atoms with Gasteiger partial charge in [0.2, 0.25) is 0 Å². The number of ether oxygens (including phenoxy) is 2. The zero-order valence-corrected chi connectivity index (χ0v) is 18.0. The second kappa shape index (κ2) is 10.4. The number of hydrogen-bond donors (Lipinski definition) is 0. The van der Waals surface area contributed by atoms with Gasteiger partial charge in [-0.25, -0.2) is 8.42 Å². The molecule has 1 heterocycles. The largest absolute Gasteiger partial charge is 0.490 e. The summed E-state index contributed by atoms with van der Waals surface area (Å²) in [6.45, 7) is 3.67. The first-order valence-corrected chi connectivity index (χ1v) is 12.1. The molecule has 0 N–H and O–H groups in total. The van der Waals surface area contributed by atoms with Gasteiger partial charge in [0.25, 0.3) is 5.91 Å². The number of amides is 1. The summed E-state index contributed by atoms with van der Waals surface area (Å²) in [5.74, 6) is 1.39. The van der Waals surface area contributed by atoms with Crippen LogP contribution in [0, 0.1) is 0 Å². The third kappa shape index (κ3) is 6.74. The summed E-state index contributed by atoms with van der Waals surface area (Å²) in [4.78, 5) is 16.9. The molecule has 1 aliphatic heterocycles. The van der Waals surface area contributed by atoms with Crippen molar-refractivity contribution in [1.29, 1.82) is 0 Å². The summed E-state index contributed by atoms with van der Waals surface area (Å²) in [5, 5.41) is 0. The molecule has 0 radical (unpaired) electrons. The van der Waals surface area contributed by atoms with Crippen molar-refractivity contribution in [1.82, 2.24) is 9.80 Å². The number of piperazine rings is 1. The minimum atomic E-state index is -2.98. The predicted octanol–water partition coefficient (Wildman–Crippen LogP) is 1.95. The van der Waals surface area contributed by atoms with Crippen LogP contribution in [0.4, 0.5) is 0 Å².